The number of nitrogens with zero attached hydrogens (tertiary/aromatic N) is 1. The third kappa shape index (κ3) is 3.54. The standard InChI is InChI=1S/C16H21NO4/c1-3-21-13-6-4-12(5-7-13)15(18)17-9-8-11(2)10-14(17)16(19)20/h4-7,11,14H,3,8-10H2,1-2H3,(H,19,20). The summed E-state index contributed by atoms with van der Waals surface area (Å²) in [6.07, 6.45) is 1.35. The molecule has 5 nitrogen and oxygen atoms in total. The zero-order valence-electron chi connectivity index (χ0n) is 12.4. The summed E-state index contributed by atoms with van der Waals surface area (Å²) in [4.78, 5) is 25.4. The predicted octanol–water partition coefficient (Wildman–Crippen LogP) is 2.41. The summed E-state index contributed by atoms with van der Waals surface area (Å²) in [5, 5.41) is 9.32. The molecular weight excluding hydrogens is 270 g/mol. The number of carbonyl (C=O) groups excluding carboxylic acids is 1. The molecule has 0 saturated carbocycles. The van der Waals surface area contributed by atoms with Crippen LogP contribution in [0.5, 0.6) is 5.75 Å². The average molecular weight is 291 g/mol. The minimum Gasteiger partial charge on any atom is -0.494 e. The molecule has 2 unspecified atom stereocenters. The van der Waals surface area contributed by atoms with E-state index in [-0.39, 0.29) is 5.91 Å². The van der Waals surface area contributed by atoms with Crippen molar-refractivity contribution >= 4 is 11.9 Å². The van der Waals surface area contributed by atoms with Crippen LogP contribution in [0.1, 0.15) is 37.0 Å². The van der Waals surface area contributed by atoms with Gasteiger partial charge in [0, 0.05) is 12.1 Å². The maximum Gasteiger partial charge on any atom is 0.326 e. The summed E-state index contributed by atoms with van der Waals surface area (Å²) in [7, 11) is 0. The van der Waals surface area contributed by atoms with Gasteiger partial charge in [0.05, 0.1) is 6.61 Å². The lowest BCUT2D eigenvalue weighted by atomic mass is 9.92. The van der Waals surface area contributed by atoms with Gasteiger partial charge in [0.1, 0.15) is 11.8 Å². The van der Waals surface area contributed by atoms with E-state index in [1.807, 2.05) is 13.8 Å². The molecule has 1 aromatic rings. The Morgan fingerprint density at radius 1 is 1.33 bits per heavy atom. The number of amides is 1. The minimum atomic E-state index is -0.930. The van der Waals surface area contributed by atoms with E-state index >= 15 is 0 Å². The number of hydrogen-bond acceptors (Lipinski definition) is 3. The molecule has 1 heterocycles. The van der Waals surface area contributed by atoms with Crippen LogP contribution in [0.15, 0.2) is 24.3 Å². The van der Waals surface area contributed by atoms with Gasteiger partial charge in [0.2, 0.25) is 0 Å². The number of carbonyl (C=O) groups is 2. The molecule has 2 atom stereocenters. The van der Waals surface area contributed by atoms with Crippen LogP contribution >= 0.6 is 0 Å². The van der Waals surface area contributed by atoms with E-state index in [9.17, 15) is 14.7 Å². The predicted molar refractivity (Wildman–Crippen MR) is 78.5 cm³/mol. The summed E-state index contributed by atoms with van der Waals surface area (Å²) < 4.78 is 5.34. The second-order valence-electron chi connectivity index (χ2n) is 5.44. The molecule has 1 aliphatic rings. The normalized spacial score (nSPS) is 21.9. The fourth-order valence-corrected chi connectivity index (χ4v) is 2.64. The number of likely N-dealkylation sites (tertiary alicyclic amines) is 1. The van der Waals surface area contributed by atoms with E-state index < -0.39 is 12.0 Å². The highest BCUT2D eigenvalue weighted by Gasteiger charge is 2.35. The zero-order chi connectivity index (χ0) is 15.4. The molecule has 21 heavy (non-hydrogen) atoms. The number of carboxylic acid groups (broad SMARTS) is 1. The highest BCUT2D eigenvalue weighted by molar-refractivity contribution is 5.96. The Balaban J connectivity index is 2.15. The van der Waals surface area contributed by atoms with Gasteiger partial charge in [-0.3, -0.25) is 4.79 Å². The van der Waals surface area contributed by atoms with Crippen molar-refractivity contribution in [2.24, 2.45) is 5.92 Å². The Labute approximate surface area is 124 Å². The molecule has 0 aromatic heterocycles. The number of piperidine rings is 1. The second-order valence-corrected chi connectivity index (χ2v) is 5.44. The number of rotatable bonds is 4. The maximum absolute atomic E-state index is 12.5. The largest absolute Gasteiger partial charge is 0.494 e. The Morgan fingerprint density at radius 2 is 2.00 bits per heavy atom. The van der Waals surface area contributed by atoms with Gasteiger partial charge in [-0.1, -0.05) is 6.92 Å². The smallest absolute Gasteiger partial charge is 0.326 e. The minimum absolute atomic E-state index is 0.225. The van der Waals surface area contributed by atoms with Crippen LogP contribution in [0.4, 0.5) is 0 Å². The molecule has 2 rings (SSSR count). The van der Waals surface area contributed by atoms with Crippen LogP contribution in [0, 0.1) is 5.92 Å². The molecule has 1 amide bonds. The van der Waals surface area contributed by atoms with Gasteiger partial charge in [-0.05, 0) is 49.9 Å². The monoisotopic (exact) mass is 291 g/mol. The lowest BCUT2D eigenvalue weighted by molar-refractivity contribution is -0.144. The van der Waals surface area contributed by atoms with E-state index in [2.05, 4.69) is 0 Å². The third-order valence-electron chi connectivity index (χ3n) is 3.82. The van der Waals surface area contributed by atoms with Gasteiger partial charge >= 0.3 is 5.97 Å². The lowest BCUT2D eigenvalue weighted by Crippen LogP contribution is -2.49. The number of carboxylic acids is 1. The van der Waals surface area contributed by atoms with Gasteiger partial charge in [0.15, 0.2) is 0 Å². The van der Waals surface area contributed by atoms with Crippen molar-refractivity contribution in [2.75, 3.05) is 13.2 Å². The summed E-state index contributed by atoms with van der Waals surface area (Å²) in [5.41, 5.74) is 0.499. The first-order valence-corrected chi connectivity index (χ1v) is 7.29. The molecular formula is C16H21NO4. The molecule has 1 N–H and O–H groups in total. The topological polar surface area (TPSA) is 66.8 Å². The highest BCUT2D eigenvalue weighted by Crippen LogP contribution is 2.25. The molecule has 0 spiro atoms. The van der Waals surface area contributed by atoms with Crippen LogP contribution in [-0.4, -0.2) is 41.1 Å². The van der Waals surface area contributed by atoms with Crippen molar-refractivity contribution in [3.05, 3.63) is 29.8 Å². The number of benzene rings is 1. The van der Waals surface area contributed by atoms with Gasteiger partial charge in [-0.15, -0.1) is 0 Å². The molecule has 1 aliphatic heterocycles. The van der Waals surface area contributed by atoms with E-state index in [4.69, 9.17) is 4.74 Å². The second kappa shape index (κ2) is 6.61. The highest BCUT2D eigenvalue weighted by atomic mass is 16.5. The maximum atomic E-state index is 12.5. The van der Waals surface area contributed by atoms with E-state index in [1.54, 1.807) is 24.3 Å². The molecule has 114 valence electrons. The van der Waals surface area contributed by atoms with E-state index in [0.29, 0.717) is 36.8 Å². The van der Waals surface area contributed by atoms with E-state index in [0.717, 1.165) is 6.42 Å². The van der Waals surface area contributed by atoms with Crippen molar-refractivity contribution < 1.29 is 19.4 Å². The van der Waals surface area contributed by atoms with E-state index in [1.165, 1.54) is 4.90 Å². The van der Waals surface area contributed by atoms with Crippen LogP contribution < -0.4 is 4.74 Å². The number of aliphatic carboxylic acids is 1. The molecule has 1 saturated heterocycles. The first-order valence-electron chi connectivity index (χ1n) is 7.29. The Hall–Kier alpha value is -2.04. The summed E-state index contributed by atoms with van der Waals surface area (Å²) >= 11 is 0. The van der Waals surface area contributed by atoms with Gasteiger partial charge < -0.3 is 14.7 Å². The Morgan fingerprint density at radius 3 is 2.57 bits per heavy atom. The number of hydrogen-bond donors (Lipinski definition) is 1. The molecule has 0 radical (unpaired) electrons. The van der Waals surface area contributed by atoms with Crippen molar-refractivity contribution in [1.82, 2.24) is 4.90 Å². The summed E-state index contributed by atoms with van der Waals surface area (Å²) in [5.74, 6) is -0.121. The molecule has 0 bridgehead atoms. The van der Waals surface area contributed by atoms with Crippen LogP contribution in [0.3, 0.4) is 0 Å². The van der Waals surface area contributed by atoms with Gasteiger partial charge in [-0.2, -0.15) is 0 Å². The molecule has 5 heteroatoms. The van der Waals surface area contributed by atoms with Crippen LogP contribution in [-0.2, 0) is 4.79 Å². The SMILES string of the molecule is CCOc1ccc(C(=O)N2CCC(C)CC2C(=O)O)cc1. The third-order valence-corrected chi connectivity index (χ3v) is 3.82. The van der Waals surface area contributed by atoms with Crippen LogP contribution in [0.25, 0.3) is 0 Å². The van der Waals surface area contributed by atoms with Crippen molar-refractivity contribution in [3.8, 4) is 5.75 Å². The first kappa shape index (κ1) is 15.4. The average Bonchev–Trinajstić information content (AvgIpc) is 2.47. The van der Waals surface area contributed by atoms with Crippen molar-refractivity contribution in [1.29, 1.82) is 0 Å². The zero-order valence-corrected chi connectivity index (χ0v) is 12.4. The van der Waals surface area contributed by atoms with Gasteiger partial charge in [0.25, 0.3) is 5.91 Å². The molecule has 1 aromatic carbocycles. The van der Waals surface area contributed by atoms with Crippen molar-refractivity contribution in [2.45, 2.75) is 32.7 Å². The Bertz CT molecular complexity index is 512. The number of ether oxygens (including phenoxy) is 1. The lowest BCUT2D eigenvalue weighted by Gasteiger charge is -2.36. The summed E-state index contributed by atoms with van der Waals surface area (Å²) in [6, 6.07) is 6.11. The summed E-state index contributed by atoms with van der Waals surface area (Å²) in [6.45, 7) is 4.97. The first-order chi connectivity index (χ1) is 10.0. The van der Waals surface area contributed by atoms with Crippen LogP contribution in [0.2, 0.25) is 0 Å². The molecule has 1 fully saturated rings. The van der Waals surface area contributed by atoms with Crippen molar-refractivity contribution in [3.63, 3.8) is 0 Å². The fourth-order valence-electron chi connectivity index (χ4n) is 2.64. The fraction of sp³-hybridized carbons (Fsp3) is 0.500. The molecule has 0 aliphatic carbocycles. The van der Waals surface area contributed by atoms with Gasteiger partial charge in [-0.25, -0.2) is 4.79 Å². The quantitative estimate of drug-likeness (QED) is 0.925. The Kier molecular flexibility index (Phi) is 4.83.